The lowest BCUT2D eigenvalue weighted by molar-refractivity contribution is 0.173. The van der Waals surface area contributed by atoms with Crippen molar-refractivity contribution in [3.63, 3.8) is 0 Å². The average molecular weight is 261 g/mol. The molecule has 1 saturated heterocycles. The summed E-state index contributed by atoms with van der Waals surface area (Å²) >= 11 is 0. The number of hydrogen-bond acceptors (Lipinski definition) is 2. The molecule has 0 saturated carbocycles. The number of anilines is 1. The summed E-state index contributed by atoms with van der Waals surface area (Å²) in [5.41, 5.74) is 2.85. The Hall–Kier alpha value is -1.02. The van der Waals surface area contributed by atoms with E-state index in [1.54, 1.807) is 0 Å². The van der Waals surface area contributed by atoms with Gasteiger partial charge in [0.25, 0.3) is 0 Å². The highest BCUT2D eigenvalue weighted by Gasteiger charge is 2.34. The fourth-order valence-electron chi connectivity index (χ4n) is 3.13. The zero-order valence-corrected chi connectivity index (χ0v) is 12.5. The van der Waals surface area contributed by atoms with E-state index in [0.717, 1.165) is 18.5 Å². The first kappa shape index (κ1) is 14.4. The molecule has 1 aliphatic heterocycles. The molecule has 1 atom stereocenters. The van der Waals surface area contributed by atoms with Gasteiger partial charge >= 0.3 is 0 Å². The largest absolute Gasteiger partial charge is 0.388 e. The lowest BCUT2D eigenvalue weighted by Gasteiger charge is -2.27. The molecule has 1 aromatic carbocycles. The molecule has 1 N–H and O–H groups in total. The Bertz CT molecular complexity index is 394. The zero-order valence-electron chi connectivity index (χ0n) is 12.5. The van der Waals surface area contributed by atoms with Crippen LogP contribution in [0, 0.1) is 5.41 Å². The maximum absolute atomic E-state index is 9.83. The van der Waals surface area contributed by atoms with Crippen LogP contribution in [0.2, 0.25) is 0 Å². The van der Waals surface area contributed by atoms with Crippen LogP contribution in [0.3, 0.4) is 0 Å². The van der Waals surface area contributed by atoms with Gasteiger partial charge in [-0.15, -0.1) is 0 Å². The van der Waals surface area contributed by atoms with E-state index in [-0.39, 0.29) is 6.10 Å². The van der Waals surface area contributed by atoms with Crippen molar-refractivity contribution in [1.29, 1.82) is 0 Å². The van der Waals surface area contributed by atoms with Crippen molar-refractivity contribution in [2.75, 3.05) is 18.0 Å². The predicted octanol–water partition coefficient (Wildman–Crippen LogP) is 4.15. The van der Waals surface area contributed by atoms with E-state index >= 15 is 0 Å². The number of hydrogen-bond donors (Lipinski definition) is 1. The lowest BCUT2D eigenvalue weighted by Crippen LogP contribution is -2.26. The van der Waals surface area contributed by atoms with Crippen LogP contribution in [0.15, 0.2) is 24.3 Å². The topological polar surface area (TPSA) is 23.5 Å². The van der Waals surface area contributed by atoms with Gasteiger partial charge in [0.15, 0.2) is 0 Å². The minimum Gasteiger partial charge on any atom is -0.388 e. The van der Waals surface area contributed by atoms with Crippen LogP contribution in [-0.4, -0.2) is 18.2 Å². The molecule has 2 rings (SSSR count). The molecule has 19 heavy (non-hydrogen) atoms. The number of rotatable bonds is 5. The van der Waals surface area contributed by atoms with Gasteiger partial charge < -0.3 is 10.0 Å². The molecule has 0 spiro atoms. The SMILES string of the molecule is CC[C@@H](O)c1ccc(N2CCC(CC)(CC)C2)cc1. The molecule has 1 aliphatic rings. The van der Waals surface area contributed by atoms with Gasteiger partial charge in [0, 0.05) is 18.8 Å². The van der Waals surface area contributed by atoms with Crippen LogP contribution in [0.1, 0.15) is 58.1 Å². The number of aliphatic hydroxyl groups excluding tert-OH is 1. The van der Waals surface area contributed by atoms with Crippen molar-refractivity contribution in [3.05, 3.63) is 29.8 Å². The summed E-state index contributed by atoms with van der Waals surface area (Å²) < 4.78 is 0. The number of nitrogens with zero attached hydrogens (tertiary/aromatic N) is 1. The summed E-state index contributed by atoms with van der Waals surface area (Å²) in [6.07, 6.45) is 4.30. The molecule has 1 fully saturated rings. The van der Waals surface area contributed by atoms with Gasteiger partial charge in [0.05, 0.1) is 6.10 Å². The Kier molecular flexibility index (Phi) is 4.51. The maximum Gasteiger partial charge on any atom is 0.0787 e. The Labute approximate surface area is 117 Å². The molecule has 106 valence electrons. The minimum atomic E-state index is -0.321. The molecule has 0 amide bonds. The smallest absolute Gasteiger partial charge is 0.0787 e. The molecule has 1 aromatic rings. The highest BCUT2D eigenvalue weighted by molar-refractivity contribution is 5.49. The Morgan fingerprint density at radius 3 is 2.26 bits per heavy atom. The van der Waals surface area contributed by atoms with E-state index < -0.39 is 0 Å². The molecule has 2 nitrogen and oxygen atoms in total. The van der Waals surface area contributed by atoms with Crippen LogP contribution in [0.5, 0.6) is 0 Å². The summed E-state index contributed by atoms with van der Waals surface area (Å²) in [4.78, 5) is 2.50. The Morgan fingerprint density at radius 2 is 1.79 bits per heavy atom. The minimum absolute atomic E-state index is 0.321. The highest BCUT2D eigenvalue weighted by atomic mass is 16.3. The molecular weight excluding hydrogens is 234 g/mol. The molecular formula is C17H27NO. The second kappa shape index (κ2) is 5.96. The Morgan fingerprint density at radius 1 is 1.16 bits per heavy atom. The fourth-order valence-corrected chi connectivity index (χ4v) is 3.13. The van der Waals surface area contributed by atoms with Crippen molar-refractivity contribution in [3.8, 4) is 0 Å². The fraction of sp³-hybridized carbons (Fsp3) is 0.647. The molecule has 0 radical (unpaired) electrons. The monoisotopic (exact) mass is 261 g/mol. The van der Waals surface area contributed by atoms with Crippen molar-refractivity contribution in [2.24, 2.45) is 5.41 Å². The Balaban J connectivity index is 2.08. The van der Waals surface area contributed by atoms with Gasteiger partial charge in [-0.25, -0.2) is 0 Å². The average Bonchev–Trinajstić information content (AvgIpc) is 2.92. The molecule has 1 heterocycles. The van der Waals surface area contributed by atoms with Crippen LogP contribution < -0.4 is 4.90 Å². The van der Waals surface area contributed by atoms with Crippen molar-refractivity contribution >= 4 is 5.69 Å². The third kappa shape index (κ3) is 2.94. The van der Waals surface area contributed by atoms with Crippen molar-refractivity contribution < 1.29 is 5.11 Å². The summed E-state index contributed by atoms with van der Waals surface area (Å²) in [5, 5.41) is 9.83. The lowest BCUT2D eigenvalue weighted by atomic mass is 9.82. The van der Waals surface area contributed by atoms with Gasteiger partial charge in [0.2, 0.25) is 0 Å². The van der Waals surface area contributed by atoms with E-state index in [2.05, 4.69) is 43.0 Å². The number of aliphatic hydroxyl groups is 1. The molecule has 0 aliphatic carbocycles. The normalized spacial score (nSPS) is 19.7. The highest BCUT2D eigenvalue weighted by Crippen LogP contribution is 2.39. The molecule has 0 bridgehead atoms. The summed E-state index contributed by atoms with van der Waals surface area (Å²) in [7, 11) is 0. The maximum atomic E-state index is 9.83. The summed E-state index contributed by atoms with van der Waals surface area (Å²) in [6.45, 7) is 8.98. The van der Waals surface area contributed by atoms with Crippen LogP contribution >= 0.6 is 0 Å². The van der Waals surface area contributed by atoms with Crippen molar-refractivity contribution in [2.45, 2.75) is 52.6 Å². The standard InChI is InChI=1S/C17H27NO/c1-4-16(19)14-7-9-15(10-8-14)18-12-11-17(5-2,6-3)13-18/h7-10,16,19H,4-6,11-13H2,1-3H3/t16-/m1/s1. The van der Waals surface area contributed by atoms with E-state index in [4.69, 9.17) is 0 Å². The van der Waals surface area contributed by atoms with E-state index in [1.165, 1.54) is 31.5 Å². The van der Waals surface area contributed by atoms with Gasteiger partial charge in [0.1, 0.15) is 0 Å². The van der Waals surface area contributed by atoms with E-state index in [0.29, 0.717) is 5.41 Å². The third-order valence-corrected chi connectivity index (χ3v) is 4.97. The molecule has 0 unspecified atom stereocenters. The van der Waals surface area contributed by atoms with Gasteiger partial charge in [-0.2, -0.15) is 0 Å². The first-order chi connectivity index (χ1) is 9.14. The second-order valence-corrected chi connectivity index (χ2v) is 5.89. The summed E-state index contributed by atoms with van der Waals surface area (Å²) in [5.74, 6) is 0. The zero-order chi connectivity index (χ0) is 13.9. The number of benzene rings is 1. The van der Waals surface area contributed by atoms with Crippen molar-refractivity contribution in [1.82, 2.24) is 0 Å². The van der Waals surface area contributed by atoms with Gasteiger partial charge in [-0.05, 0) is 48.8 Å². The van der Waals surface area contributed by atoms with Gasteiger partial charge in [-0.3, -0.25) is 0 Å². The third-order valence-electron chi connectivity index (χ3n) is 4.97. The first-order valence-electron chi connectivity index (χ1n) is 7.67. The quantitative estimate of drug-likeness (QED) is 0.861. The second-order valence-electron chi connectivity index (χ2n) is 5.89. The van der Waals surface area contributed by atoms with Gasteiger partial charge in [-0.1, -0.05) is 32.9 Å². The van der Waals surface area contributed by atoms with E-state index in [1.807, 2.05) is 6.92 Å². The predicted molar refractivity (Wildman–Crippen MR) is 81.5 cm³/mol. The summed E-state index contributed by atoms with van der Waals surface area (Å²) in [6, 6.07) is 8.47. The van der Waals surface area contributed by atoms with E-state index in [9.17, 15) is 5.11 Å². The van der Waals surface area contributed by atoms with Crippen LogP contribution in [0.25, 0.3) is 0 Å². The first-order valence-corrected chi connectivity index (χ1v) is 7.67. The molecule has 0 aromatic heterocycles. The van der Waals surface area contributed by atoms with Crippen LogP contribution in [0.4, 0.5) is 5.69 Å². The molecule has 2 heteroatoms. The van der Waals surface area contributed by atoms with Crippen LogP contribution in [-0.2, 0) is 0 Å².